The molecule has 9 heteroatoms. The van der Waals surface area contributed by atoms with Gasteiger partial charge in [-0.1, -0.05) is 0 Å². The van der Waals surface area contributed by atoms with E-state index in [-0.39, 0.29) is 6.15 Å². The number of Topliss-reactive ketones (excluding diaryl/α,β-unsaturated/α-hetero) is 1. The molecule has 0 bridgehead atoms. The molecule has 0 rings (SSSR count). The van der Waals surface area contributed by atoms with Gasteiger partial charge in [-0.15, -0.1) is 0 Å². The molecule has 13 heavy (non-hydrogen) atoms. The summed E-state index contributed by atoms with van der Waals surface area (Å²) in [4.78, 5) is 25.5. The third kappa shape index (κ3) is 7.01. The van der Waals surface area contributed by atoms with Crippen LogP contribution in [0.1, 0.15) is 0 Å². The Morgan fingerprint density at radius 2 is 1.00 bits per heavy atom. The molecular formula is C4F6O3. The first kappa shape index (κ1) is 14.2. The first-order valence-electron chi connectivity index (χ1n) is 2.25. The number of halogens is 6. The number of hydrogen-bond donors (Lipinski definition) is 0. The Labute approximate surface area is 66.3 Å². The topological polar surface area (TPSA) is 51.2 Å². The van der Waals surface area contributed by atoms with Crippen LogP contribution in [0.4, 0.5) is 26.3 Å². The van der Waals surface area contributed by atoms with E-state index in [1.54, 1.807) is 0 Å². The lowest BCUT2D eigenvalue weighted by Gasteiger charge is -2.06. The fourth-order valence-electron chi connectivity index (χ4n) is 0.161. The highest BCUT2D eigenvalue weighted by molar-refractivity contribution is 5.89. The van der Waals surface area contributed by atoms with Crippen LogP contribution in [-0.4, -0.2) is 24.3 Å². The molecule has 0 aliphatic carbocycles. The van der Waals surface area contributed by atoms with E-state index >= 15 is 0 Å². The van der Waals surface area contributed by atoms with Gasteiger partial charge in [0.05, 0.1) is 0 Å². The third-order valence-corrected chi connectivity index (χ3v) is 0.515. The van der Waals surface area contributed by atoms with Crippen LogP contribution in [0.15, 0.2) is 0 Å². The second-order valence-electron chi connectivity index (χ2n) is 1.41. The Hall–Kier alpha value is -1.37. The molecular weight excluding hydrogens is 210 g/mol. The van der Waals surface area contributed by atoms with Crippen molar-refractivity contribution in [3.05, 3.63) is 0 Å². The average molecular weight is 210 g/mol. The lowest BCUT2D eigenvalue weighted by atomic mass is 10.4. The summed E-state index contributed by atoms with van der Waals surface area (Å²) in [5.74, 6) is -3.68. The second-order valence-corrected chi connectivity index (χ2v) is 1.41. The summed E-state index contributed by atoms with van der Waals surface area (Å²) < 4.78 is 65.3. The Balaban J connectivity index is 0. The number of ketones is 1. The van der Waals surface area contributed by atoms with Gasteiger partial charge in [0, 0.05) is 0 Å². The van der Waals surface area contributed by atoms with E-state index in [2.05, 4.69) is 0 Å². The lowest BCUT2D eigenvalue weighted by Crippen LogP contribution is -2.36. The highest BCUT2D eigenvalue weighted by Gasteiger charge is 2.55. The van der Waals surface area contributed by atoms with Gasteiger partial charge in [-0.2, -0.15) is 35.9 Å². The summed E-state index contributed by atoms with van der Waals surface area (Å²) in [5.41, 5.74) is 0. The van der Waals surface area contributed by atoms with Gasteiger partial charge in [-0.25, -0.2) is 0 Å². The summed E-state index contributed by atoms with van der Waals surface area (Å²) in [5, 5.41) is 0. The normalized spacial score (nSPS) is 10.9. The number of rotatable bonds is 0. The molecule has 0 aliphatic rings. The second kappa shape index (κ2) is 4.61. The predicted molar refractivity (Wildman–Crippen MR) is 22.1 cm³/mol. The number of alkyl halides is 6. The molecule has 0 N–H and O–H groups in total. The molecule has 0 aromatic rings. The van der Waals surface area contributed by atoms with Crippen LogP contribution >= 0.6 is 0 Å². The Kier molecular flexibility index (Phi) is 5.02. The van der Waals surface area contributed by atoms with Gasteiger partial charge in [0.2, 0.25) is 0 Å². The third-order valence-electron chi connectivity index (χ3n) is 0.515. The zero-order valence-electron chi connectivity index (χ0n) is 5.49. The van der Waals surface area contributed by atoms with Crippen molar-refractivity contribution in [3.8, 4) is 0 Å². The molecule has 0 fully saturated rings. The van der Waals surface area contributed by atoms with E-state index < -0.39 is 18.1 Å². The molecule has 0 unspecified atom stereocenters. The van der Waals surface area contributed by atoms with Crippen molar-refractivity contribution in [3.63, 3.8) is 0 Å². The van der Waals surface area contributed by atoms with Crippen molar-refractivity contribution in [2.45, 2.75) is 12.4 Å². The summed E-state index contributed by atoms with van der Waals surface area (Å²) >= 11 is 0. The summed E-state index contributed by atoms with van der Waals surface area (Å²) in [6, 6.07) is 0. The smallest absolute Gasteiger partial charge is 0.279 e. The van der Waals surface area contributed by atoms with Crippen LogP contribution in [-0.2, 0) is 14.4 Å². The van der Waals surface area contributed by atoms with Crippen LogP contribution in [0.5, 0.6) is 0 Å². The Morgan fingerprint density at radius 3 is 1.00 bits per heavy atom. The summed E-state index contributed by atoms with van der Waals surface area (Å²) in [6.07, 6.45) is -11.4. The van der Waals surface area contributed by atoms with E-state index in [0.29, 0.717) is 0 Å². The van der Waals surface area contributed by atoms with Crippen LogP contribution in [0.25, 0.3) is 0 Å². The predicted octanol–water partition coefficient (Wildman–Crippen LogP) is 1.10. The summed E-state index contributed by atoms with van der Waals surface area (Å²) in [6.45, 7) is 0. The van der Waals surface area contributed by atoms with E-state index in [1.807, 2.05) is 0 Å². The van der Waals surface area contributed by atoms with Gasteiger partial charge < -0.3 is 0 Å². The monoisotopic (exact) mass is 210 g/mol. The van der Waals surface area contributed by atoms with Crippen LogP contribution in [0.3, 0.4) is 0 Å². The van der Waals surface area contributed by atoms with Crippen LogP contribution in [0.2, 0.25) is 0 Å². The molecule has 0 aromatic carbocycles. The average Bonchev–Trinajstić information content (AvgIpc) is 1.84. The lowest BCUT2D eigenvalue weighted by molar-refractivity contribution is -0.217. The molecule has 0 atom stereocenters. The van der Waals surface area contributed by atoms with Crippen LogP contribution in [0, 0.1) is 0 Å². The van der Waals surface area contributed by atoms with Gasteiger partial charge in [0.1, 0.15) is 0 Å². The largest absolute Gasteiger partial charge is 0.459 e. The maximum atomic E-state index is 10.9. The maximum Gasteiger partial charge on any atom is 0.459 e. The van der Waals surface area contributed by atoms with Crippen molar-refractivity contribution in [1.29, 1.82) is 0 Å². The molecule has 3 nitrogen and oxygen atoms in total. The molecule has 0 spiro atoms. The minimum Gasteiger partial charge on any atom is -0.279 e. The molecule has 0 amide bonds. The van der Waals surface area contributed by atoms with Gasteiger partial charge in [0.15, 0.2) is 0 Å². The number of carbonyl (C=O) groups is 1. The van der Waals surface area contributed by atoms with Crippen molar-refractivity contribution in [2.24, 2.45) is 0 Å². The molecule has 0 aliphatic heterocycles. The summed E-state index contributed by atoms with van der Waals surface area (Å²) in [7, 11) is 0. The van der Waals surface area contributed by atoms with Crippen molar-refractivity contribution >= 4 is 11.9 Å². The minimum absolute atomic E-state index is 0.250. The highest BCUT2D eigenvalue weighted by Crippen LogP contribution is 2.28. The number of hydrogen-bond acceptors (Lipinski definition) is 3. The van der Waals surface area contributed by atoms with E-state index in [4.69, 9.17) is 9.59 Å². The standard InChI is InChI=1S/C3F6O.CO2/c4-2(5,6)1(10)3(7,8)9;2-1-3. The minimum atomic E-state index is -5.82. The van der Waals surface area contributed by atoms with Gasteiger partial charge in [0.25, 0.3) is 0 Å². The Bertz CT molecular complexity index is 191. The molecule has 0 heterocycles. The number of carbonyl (C=O) groups excluding carboxylic acids is 3. The fourth-order valence-corrected chi connectivity index (χ4v) is 0.161. The van der Waals surface area contributed by atoms with E-state index in [1.165, 1.54) is 0 Å². The van der Waals surface area contributed by atoms with Gasteiger partial charge in [-0.05, 0) is 0 Å². The fraction of sp³-hybridized carbons (Fsp3) is 0.500. The molecule has 0 aromatic heterocycles. The molecule has 0 radical (unpaired) electrons. The van der Waals surface area contributed by atoms with Crippen LogP contribution < -0.4 is 0 Å². The van der Waals surface area contributed by atoms with Gasteiger partial charge >= 0.3 is 24.3 Å². The van der Waals surface area contributed by atoms with Crippen molar-refractivity contribution < 1.29 is 40.7 Å². The van der Waals surface area contributed by atoms with Crippen molar-refractivity contribution in [2.75, 3.05) is 0 Å². The van der Waals surface area contributed by atoms with Gasteiger partial charge in [-0.3, -0.25) is 4.79 Å². The maximum absolute atomic E-state index is 10.9. The SMILES string of the molecule is O=C(C(F)(F)F)C(F)(F)F.O=C=O. The Morgan fingerprint density at radius 1 is 0.846 bits per heavy atom. The van der Waals surface area contributed by atoms with E-state index in [9.17, 15) is 31.1 Å². The first-order chi connectivity index (χ1) is 5.57. The van der Waals surface area contributed by atoms with E-state index in [0.717, 1.165) is 0 Å². The molecule has 0 saturated carbocycles. The quantitative estimate of drug-likeness (QED) is 0.562. The van der Waals surface area contributed by atoms with Crippen molar-refractivity contribution in [1.82, 2.24) is 0 Å². The molecule has 0 saturated heterocycles. The zero-order chi connectivity index (χ0) is 11.3. The zero-order valence-corrected chi connectivity index (χ0v) is 5.49. The molecule has 76 valence electrons. The highest BCUT2D eigenvalue weighted by atomic mass is 19.4. The first-order valence-corrected chi connectivity index (χ1v) is 2.25.